The molecule has 1 heterocycles. The summed E-state index contributed by atoms with van der Waals surface area (Å²) in [6, 6.07) is 11.7. The third-order valence-electron chi connectivity index (χ3n) is 5.48. The van der Waals surface area contributed by atoms with Gasteiger partial charge in [0.05, 0.1) is 0 Å². The standard InChI is InChI=1S/C19H30N2/c1-19(2)10-8-18(9-11-19)21-14-12-20(13-15-21)16-17-6-4-3-5-7-17/h3-7,18H,8-16H2,1-2H3. The van der Waals surface area contributed by atoms with Crippen LogP contribution < -0.4 is 0 Å². The Hall–Kier alpha value is -0.860. The van der Waals surface area contributed by atoms with E-state index in [9.17, 15) is 0 Å². The van der Waals surface area contributed by atoms with Crippen molar-refractivity contribution in [1.29, 1.82) is 0 Å². The number of hydrogen-bond acceptors (Lipinski definition) is 2. The van der Waals surface area contributed by atoms with Crippen LogP contribution in [0.4, 0.5) is 0 Å². The van der Waals surface area contributed by atoms with E-state index < -0.39 is 0 Å². The predicted octanol–water partition coefficient (Wildman–Crippen LogP) is 3.77. The van der Waals surface area contributed by atoms with Gasteiger partial charge in [0.1, 0.15) is 0 Å². The van der Waals surface area contributed by atoms with Crippen molar-refractivity contribution in [3.05, 3.63) is 35.9 Å². The van der Waals surface area contributed by atoms with E-state index in [1.807, 2.05) is 0 Å². The molecule has 1 aromatic carbocycles. The smallest absolute Gasteiger partial charge is 0.0234 e. The number of benzene rings is 1. The van der Waals surface area contributed by atoms with E-state index in [0.717, 1.165) is 12.6 Å². The molecule has 0 spiro atoms. The Balaban J connectivity index is 1.45. The van der Waals surface area contributed by atoms with Gasteiger partial charge in [0, 0.05) is 38.8 Å². The van der Waals surface area contributed by atoms with Crippen molar-refractivity contribution in [1.82, 2.24) is 9.80 Å². The van der Waals surface area contributed by atoms with Crippen LogP contribution in [0.2, 0.25) is 0 Å². The molecule has 1 saturated heterocycles. The highest BCUT2D eigenvalue weighted by atomic mass is 15.3. The summed E-state index contributed by atoms with van der Waals surface area (Å²) in [7, 11) is 0. The average Bonchev–Trinajstić information content (AvgIpc) is 2.49. The van der Waals surface area contributed by atoms with Crippen LogP contribution in [0.15, 0.2) is 30.3 Å². The van der Waals surface area contributed by atoms with Gasteiger partial charge in [-0.1, -0.05) is 44.2 Å². The predicted molar refractivity (Wildman–Crippen MR) is 89.3 cm³/mol. The summed E-state index contributed by atoms with van der Waals surface area (Å²) in [5.41, 5.74) is 2.04. The topological polar surface area (TPSA) is 6.48 Å². The first-order valence-corrected chi connectivity index (χ1v) is 8.63. The minimum Gasteiger partial charge on any atom is -0.298 e. The van der Waals surface area contributed by atoms with Crippen molar-refractivity contribution in [2.24, 2.45) is 5.41 Å². The zero-order chi connectivity index (χ0) is 14.7. The van der Waals surface area contributed by atoms with Crippen molar-refractivity contribution in [2.75, 3.05) is 26.2 Å². The lowest BCUT2D eigenvalue weighted by Gasteiger charge is -2.43. The van der Waals surface area contributed by atoms with E-state index in [4.69, 9.17) is 0 Å². The van der Waals surface area contributed by atoms with Crippen LogP contribution in [0.5, 0.6) is 0 Å². The van der Waals surface area contributed by atoms with E-state index in [1.54, 1.807) is 0 Å². The number of nitrogens with zero attached hydrogens (tertiary/aromatic N) is 2. The van der Waals surface area contributed by atoms with Gasteiger partial charge in [0.25, 0.3) is 0 Å². The Morgan fingerprint density at radius 3 is 2.19 bits per heavy atom. The molecule has 21 heavy (non-hydrogen) atoms. The van der Waals surface area contributed by atoms with Crippen LogP contribution in [-0.4, -0.2) is 42.0 Å². The fourth-order valence-corrected chi connectivity index (χ4v) is 3.88. The number of hydrogen-bond donors (Lipinski definition) is 0. The van der Waals surface area contributed by atoms with Gasteiger partial charge >= 0.3 is 0 Å². The van der Waals surface area contributed by atoms with Crippen LogP contribution in [0, 0.1) is 5.41 Å². The molecule has 0 radical (unpaired) electrons. The lowest BCUT2D eigenvalue weighted by atomic mass is 9.75. The fraction of sp³-hybridized carbons (Fsp3) is 0.684. The summed E-state index contributed by atoms with van der Waals surface area (Å²) in [6.07, 6.45) is 5.63. The molecule has 0 atom stereocenters. The maximum Gasteiger partial charge on any atom is 0.0234 e. The zero-order valence-electron chi connectivity index (χ0n) is 13.7. The maximum absolute atomic E-state index is 2.76. The molecule has 2 nitrogen and oxygen atoms in total. The van der Waals surface area contributed by atoms with Crippen LogP contribution in [-0.2, 0) is 6.54 Å². The molecule has 2 heteroatoms. The second-order valence-electron chi connectivity index (χ2n) is 7.69. The molecule has 2 aliphatic rings. The van der Waals surface area contributed by atoms with Gasteiger partial charge in [0.2, 0.25) is 0 Å². The average molecular weight is 286 g/mol. The van der Waals surface area contributed by atoms with Crippen LogP contribution in [0.3, 0.4) is 0 Å². The van der Waals surface area contributed by atoms with Gasteiger partial charge in [0.15, 0.2) is 0 Å². The molecule has 2 fully saturated rings. The highest BCUT2D eigenvalue weighted by molar-refractivity contribution is 5.14. The van der Waals surface area contributed by atoms with E-state index in [0.29, 0.717) is 5.41 Å². The molecule has 1 aromatic rings. The quantitative estimate of drug-likeness (QED) is 0.834. The molecular formula is C19H30N2. The molecule has 1 aliphatic heterocycles. The van der Waals surface area contributed by atoms with E-state index in [-0.39, 0.29) is 0 Å². The van der Waals surface area contributed by atoms with E-state index >= 15 is 0 Å². The molecule has 1 saturated carbocycles. The molecule has 0 N–H and O–H groups in total. The fourth-order valence-electron chi connectivity index (χ4n) is 3.88. The Kier molecular flexibility index (Phi) is 4.66. The molecule has 3 rings (SSSR count). The van der Waals surface area contributed by atoms with Gasteiger partial charge in [-0.05, 0) is 36.7 Å². The Bertz CT molecular complexity index is 422. The molecule has 116 valence electrons. The van der Waals surface area contributed by atoms with Crippen molar-refractivity contribution in [2.45, 2.75) is 52.1 Å². The SMILES string of the molecule is CC1(C)CCC(N2CCN(Cc3ccccc3)CC2)CC1. The van der Waals surface area contributed by atoms with Gasteiger partial charge in [-0.15, -0.1) is 0 Å². The van der Waals surface area contributed by atoms with Gasteiger partial charge in [-0.3, -0.25) is 9.80 Å². The van der Waals surface area contributed by atoms with Crippen molar-refractivity contribution >= 4 is 0 Å². The van der Waals surface area contributed by atoms with Crippen molar-refractivity contribution < 1.29 is 0 Å². The first kappa shape index (κ1) is 15.1. The molecule has 0 amide bonds. The lowest BCUT2D eigenvalue weighted by molar-refractivity contribution is 0.0548. The number of rotatable bonds is 3. The van der Waals surface area contributed by atoms with Crippen LogP contribution >= 0.6 is 0 Å². The molecule has 1 aliphatic carbocycles. The van der Waals surface area contributed by atoms with Crippen molar-refractivity contribution in [3.63, 3.8) is 0 Å². The summed E-state index contributed by atoms with van der Waals surface area (Å²) < 4.78 is 0. The first-order chi connectivity index (χ1) is 10.1. The Morgan fingerprint density at radius 2 is 1.57 bits per heavy atom. The highest BCUT2D eigenvalue weighted by Gasteiger charge is 2.31. The lowest BCUT2D eigenvalue weighted by Crippen LogP contribution is -2.51. The monoisotopic (exact) mass is 286 g/mol. The Labute approximate surface area is 130 Å². The summed E-state index contributed by atoms with van der Waals surface area (Å²) in [5.74, 6) is 0. The van der Waals surface area contributed by atoms with Crippen molar-refractivity contribution in [3.8, 4) is 0 Å². The second kappa shape index (κ2) is 6.50. The summed E-state index contributed by atoms with van der Waals surface area (Å²) in [5, 5.41) is 0. The molecular weight excluding hydrogens is 256 g/mol. The minimum absolute atomic E-state index is 0.589. The van der Waals surface area contributed by atoms with E-state index in [2.05, 4.69) is 54.0 Å². The normalized spacial score (nSPS) is 25.0. The van der Waals surface area contributed by atoms with Crippen LogP contribution in [0.25, 0.3) is 0 Å². The Morgan fingerprint density at radius 1 is 0.952 bits per heavy atom. The van der Waals surface area contributed by atoms with Gasteiger partial charge in [-0.25, -0.2) is 0 Å². The maximum atomic E-state index is 2.76. The highest BCUT2D eigenvalue weighted by Crippen LogP contribution is 2.37. The van der Waals surface area contributed by atoms with E-state index in [1.165, 1.54) is 57.4 Å². The second-order valence-corrected chi connectivity index (χ2v) is 7.69. The third kappa shape index (κ3) is 4.08. The third-order valence-corrected chi connectivity index (χ3v) is 5.48. The number of piperazine rings is 1. The zero-order valence-corrected chi connectivity index (χ0v) is 13.7. The summed E-state index contributed by atoms with van der Waals surface area (Å²) >= 11 is 0. The molecule has 0 unspecified atom stereocenters. The van der Waals surface area contributed by atoms with Gasteiger partial charge < -0.3 is 0 Å². The molecule has 0 aromatic heterocycles. The molecule has 0 bridgehead atoms. The summed E-state index contributed by atoms with van der Waals surface area (Å²) in [6.45, 7) is 11.0. The minimum atomic E-state index is 0.589. The van der Waals surface area contributed by atoms with Crippen LogP contribution in [0.1, 0.15) is 45.1 Å². The largest absolute Gasteiger partial charge is 0.298 e. The summed E-state index contributed by atoms with van der Waals surface area (Å²) in [4.78, 5) is 5.37. The van der Waals surface area contributed by atoms with Gasteiger partial charge in [-0.2, -0.15) is 0 Å². The first-order valence-electron chi connectivity index (χ1n) is 8.63.